The highest BCUT2D eigenvalue weighted by atomic mass is 16.5. The van der Waals surface area contributed by atoms with Gasteiger partial charge in [-0.1, -0.05) is 0 Å². The SMILES string of the molecule is COC(=O)N1CCN(C(C)(C)CO)CC1. The van der Waals surface area contributed by atoms with E-state index in [4.69, 9.17) is 0 Å². The van der Waals surface area contributed by atoms with E-state index >= 15 is 0 Å². The summed E-state index contributed by atoms with van der Waals surface area (Å²) in [7, 11) is 1.40. The van der Waals surface area contributed by atoms with Gasteiger partial charge in [-0.3, -0.25) is 4.90 Å². The lowest BCUT2D eigenvalue weighted by molar-refractivity contribution is 0.0164. The fourth-order valence-electron chi connectivity index (χ4n) is 1.72. The maximum Gasteiger partial charge on any atom is 0.409 e. The van der Waals surface area contributed by atoms with Crippen LogP contribution in [0.1, 0.15) is 13.8 Å². The van der Waals surface area contributed by atoms with Crippen LogP contribution in [0.4, 0.5) is 4.79 Å². The predicted octanol–water partition coefficient (Wildman–Crippen LogP) is 0.141. The van der Waals surface area contributed by atoms with Crippen molar-refractivity contribution in [1.82, 2.24) is 9.80 Å². The van der Waals surface area contributed by atoms with Crippen molar-refractivity contribution in [2.24, 2.45) is 0 Å². The van der Waals surface area contributed by atoms with E-state index in [0.29, 0.717) is 13.1 Å². The summed E-state index contributed by atoms with van der Waals surface area (Å²) in [5.74, 6) is 0. The number of nitrogens with zero attached hydrogens (tertiary/aromatic N) is 2. The van der Waals surface area contributed by atoms with E-state index < -0.39 is 0 Å². The highest BCUT2D eigenvalue weighted by molar-refractivity contribution is 5.67. The molecule has 0 unspecified atom stereocenters. The molecule has 0 aromatic carbocycles. The Hall–Kier alpha value is -0.810. The van der Waals surface area contributed by atoms with Gasteiger partial charge in [0.2, 0.25) is 0 Å². The van der Waals surface area contributed by atoms with Gasteiger partial charge in [0.05, 0.1) is 13.7 Å². The third kappa shape index (κ3) is 2.82. The maximum absolute atomic E-state index is 11.2. The molecule has 5 heteroatoms. The third-order valence-corrected chi connectivity index (χ3v) is 2.96. The molecule has 1 amide bonds. The van der Waals surface area contributed by atoms with Crippen LogP contribution in [-0.2, 0) is 4.74 Å². The maximum atomic E-state index is 11.2. The Kier molecular flexibility index (Phi) is 3.93. The molecule has 88 valence electrons. The van der Waals surface area contributed by atoms with Crippen molar-refractivity contribution in [3.8, 4) is 0 Å². The van der Waals surface area contributed by atoms with E-state index in [1.165, 1.54) is 7.11 Å². The minimum absolute atomic E-state index is 0.130. The van der Waals surface area contributed by atoms with Crippen molar-refractivity contribution in [3.63, 3.8) is 0 Å². The Balaban J connectivity index is 2.46. The van der Waals surface area contributed by atoms with Gasteiger partial charge in [-0.2, -0.15) is 0 Å². The average molecular weight is 216 g/mol. The molecule has 1 N–H and O–H groups in total. The zero-order valence-electron chi connectivity index (χ0n) is 9.69. The molecule has 1 aliphatic heterocycles. The number of amides is 1. The fourth-order valence-corrected chi connectivity index (χ4v) is 1.72. The Morgan fingerprint density at radius 1 is 1.33 bits per heavy atom. The number of hydrogen-bond acceptors (Lipinski definition) is 4. The number of carbonyl (C=O) groups excluding carboxylic acids is 1. The van der Waals surface area contributed by atoms with Crippen LogP contribution in [0.2, 0.25) is 0 Å². The smallest absolute Gasteiger partial charge is 0.409 e. The van der Waals surface area contributed by atoms with Gasteiger partial charge in [-0.25, -0.2) is 4.79 Å². The first-order chi connectivity index (χ1) is 7.01. The summed E-state index contributed by atoms with van der Waals surface area (Å²) in [6.07, 6.45) is -0.267. The van der Waals surface area contributed by atoms with Crippen LogP contribution in [0.15, 0.2) is 0 Å². The number of piperazine rings is 1. The summed E-state index contributed by atoms with van der Waals surface area (Å²) in [5.41, 5.74) is -0.206. The van der Waals surface area contributed by atoms with E-state index in [0.717, 1.165) is 13.1 Å². The minimum atomic E-state index is -0.267. The molecular formula is C10H20N2O3. The highest BCUT2D eigenvalue weighted by Gasteiger charge is 2.30. The largest absolute Gasteiger partial charge is 0.453 e. The molecule has 15 heavy (non-hydrogen) atoms. The number of hydrogen-bond donors (Lipinski definition) is 1. The number of carbonyl (C=O) groups is 1. The van der Waals surface area contributed by atoms with E-state index in [1.807, 2.05) is 13.8 Å². The van der Waals surface area contributed by atoms with Crippen LogP contribution in [0, 0.1) is 0 Å². The normalized spacial score (nSPS) is 19.1. The first-order valence-electron chi connectivity index (χ1n) is 5.20. The Morgan fingerprint density at radius 3 is 2.27 bits per heavy atom. The molecule has 0 saturated carbocycles. The lowest BCUT2D eigenvalue weighted by atomic mass is 10.0. The van der Waals surface area contributed by atoms with Crippen molar-refractivity contribution in [1.29, 1.82) is 0 Å². The number of aliphatic hydroxyl groups excluding tert-OH is 1. The molecular weight excluding hydrogens is 196 g/mol. The molecule has 0 bridgehead atoms. The van der Waals surface area contributed by atoms with Gasteiger partial charge >= 0.3 is 6.09 Å². The first kappa shape index (κ1) is 12.3. The van der Waals surface area contributed by atoms with Gasteiger partial charge in [0.1, 0.15) is 0 Å². The van der Waals surface area contributed by atoms with Gasteiger partial charge < -0.3 is 14.7 Å². The van der Waals surface area contributed by atoms with Crippen molar-refractivity contribution in [3.05, 3.63) is 0 Å². The van der Waals surface area contributed by atoms with Crippen LogP contribution in [0.25, 0.3) is 0 Å². The summed E-state index contributed by atoms with van der Waals surface area (Å²) in [6.45, 7) is 7.02. The molecule has 0 radical (unpaired) electrons. The van der Waals surface area contributed by atoms with Gasteiger partial charge in [-0.15, -0.1) is 0 Å². The third-order valence-electron chi connectivity index (χ3n) is 2.96. The summed E-state index contributed by atoms with van der Waals surface area (Å²) in [6, 6.07) is 0. The second-order valence-corrected chi connectivity index (χ2v) is 4.41. The molecule has 1 aliphatic rings. The van der Waals surface area contributed by atoms with Crippen LogP contribution in [-0.4, -0.2) is 66.4 Å². The van der Waals surface area contributed by atoms with Crippen molar-refractivity contribution >= 4 is 6.09 Å². The van der Waals surface area contributed by atoms with E-state index in [-0.39, 0.29) is 18.2 Å². The van der Waals surface area contributed by atoms with E-state index in [9.17, 15) is 9.90 Å². The van der Waals surface area contributed by atoms with Gasteiger partial charge in [0.25, 0.3) is 0 Å². The molecule has 0 atom stereocenters. The molecule has 1 fully saturated rings. The molecule has 0 aromatic heterocycles. The molecule has 0 spiro atoms. The lowest BCUT2D eigenvalue weighted by Gasteiger charge is -2.42. The summed E-state index contributed by atoms with van der Waals surface area (Å²) >= 11 is 0. The van der Waals surface area contributed by atoms with E-state index in [2.05, 4.69) is 9.64 Å². The zero-order chi connectivity index (χ0) is 11.5. The molecule has 0 aliphatic carbocycles. The fraction of sp³-hybridized carbons (Fsp3) is 0.900. The van der Waals surface area contributed by atoms with Crippen molar-refractivity contribution in [2.45, 2.75) is 19.4 Å². The average Bonchev–Trinajstić information content (AvgIpc) is 2.28. The van der Waals surface area contributed by atoms with Gasteiger partial charge in [0, 0.05) is 31.7 Å². The van der Waals surface area contributed by atoms with Crippen molar-refractivity contribution < 1.29 is 14.6 Å². The minimum Gasteiger partial charge on any atom is -0.453 e. The first-order valence-corrected chi connectivity index (χ1v) is 5.20. The summed E-state index contributed by atoms with van der Waals surface area (Å²) in [5, 5.41) is 9.22. The molecule has 1 heterocycles. The Labute approximate surface area is 90.6 Å². The second-order valence-electron chi connectivity index (χ2n) is 4.41. The predicted molar refractivity (Wildman–Crippen MR) is 56.7 cm³/mol. The molecule has 1 saturated heterocycles. The standard InChI is InChI=1S/C10H20N2O3/c1-10(2,8-13)12-6-4-11(5-7-12)9(14)15-3/h13H,4-8H2,1-3H3. The summed E-state index contributed by atoms with van der Waals surface area (Å²) in [4.78, 5) is 15.1. The quantitative estimate of drug-likeness (QED) is 0.713. The number of ether oxygens (including phenoxy) is 1. The van der Waals surface area contributed by atoms with Crippen molar-refractivity contribution in [2.75, 3.05) is 39.9 Å². The Bertz CT molecular complexity index is 223. The van der Waals surface area contributed by atoms with Crippen LogP contribution >= 0.6 is 0 Å². The number of methoxy groups -OCH3 is 1. The zero-order valence-corrected chi connectivity index (χ0v) is 9.69. The molecule has 1 rings (SSSR count). The number of rotatable bonds is 2. The monoisotopic (exact) mass is 216 g/mol. The van der Waals surface area contributed by atoms with Crippen LogP contribution in [0.3, 0.4) is 0 Å². The van der Waals surface area contributed by atoms with E-state index in [1.54, 1.807) is 4.90 Å². The second kappa shape index (κ2) is 4.81. The number of aliphatic hydroxyl groups is 1. The topological polar surface area (TPSA) is 53.0 Å². The van der Waals surface area contributed by atoms with Crippen LogP contribution < -0.4 is 0 Å². The highest BCUT2D eigenvalue weighted by Crippen LogP contribution is 2.16. The van der Waals surface area contributed by atoms with Crippen LogP contribution in [0.5, 0.6) is 0 Å². The lowest BCUT2D eigenvalue weighted by Crippen LogP contribution is -2.57. The molecule has 0 aromatic rings. The molecule has 5 nitrogen and oxygen atoms in total. The van der Waals surface area contributed by atoms with Gasteiger partial charge in [0.15, 0.2) is 0 Å². The van der Waals surface area contributed by atoms with Gasteiger partial charge in [-0.05, 0) is 13.8 Å². The summed E-state index contributed by atoms with van der Waals surface area (Å²) < 4.78 is 4.66. The Morgan fingerprint density at radius 2 is 1.87 bits per heavy atom.